The highest BCUT2D eigenvalue weighted by Crippen LogP contribution is 2.36. The number of halogens is 1. The van der Waals surface area contributed by atoms with Gasteiger partial charge in [0.15, 0.2) is 0 Å². The summed E-state index contributed by atoms with van der Waals surface area (Å²) < 4.78 is 0. The minimum Gasteiger partial charge on any atom is -0.506 e. The Hall–Kier alpha value is -2.39. The molecule has 0 aliphatic carbocycles. The standard InChI is InChI=1S/C18H15ClN2O/c1-11-10-16(12(2)9-15(11)19)20-21-18-14-6-4-3-5-13(14)7-8-17(18)22/h3-10,22H,1-2H3. The highest BCUT2D eigenvalue weighted by Gasteiger charge is 2.07. The molecule has 110 valence electrons. The van der Waals surface area contributed by atoms with E-state index in [0.29, 0.717) is 10.7 Å². The van der Waals surface area contributed by atoms with Crippen LogP contribution in [0.5, 0.6) is 5.75 Å². The molecule has 0 amide bonds. The summed E-state index contributed by atoms with van der Waals surface area (Å²) in [7, 11) is 0. The first-order chi connectivity index (χ1) is 10.6. The minimum atomic E-state index is 0.116. The van der Waals surface area contributed by atoms with E-state index in [9.17, 15) is 5.11 Å². The minimum absolute atomic E-state index is 0.116. The van der Waals surface area contributed by atoms with Crippen molar-refractivity contribution in [2.24, 2.45) is 10.2 Å². The van der Waals surface area contributed by atoms with Crippen LogP contribution in [0, 0.1) is 13.8 Å². The van der Waals surface area contributed by atoms with Gasteiger partial charge in [-0.05, 0) is 48.6 Å². The maximum absolute atomic E-state index is 10.1. The largest absolute Gasteiger partial charge is 0.506 e. The maximum Gasteiger partial charge on any atom is 0.143 e. The van der Waals surface area contributed by atoms with Gasteiger partial charge in [-0.2, -0.15) is 5.11 Å². The van der Waals surface area contributed by atoms with E-state index < -0.39 is 0 Å². The van der Waals surface area contributed by atoms with Gasteiger partial charge in [-0.15, -0.1) is 5.11 Å². The molecule has 22 heavy (non-hydrogen) atoms. The van der Waals surface area contributed by atoms with E-state index in [1.807, 2.05) is 56.3 Å². The monoisotopic (exact) mass is 310 g/mol. The molecule has 0 aliphatic rings. The zero-order valence-corrected chi connectivity index (χ0v) is 13.1. The Balaban J connectivity index is 2.10. The third kappa shape index (κ3) is 2.68. The Morgan fingerprint density at radius 3 is 2.50 bits per heavy atom. The Morgan fingerprint density at radius 2 is 1.68 bits per heavy atom. The lowest BCUT2D eigenvalue weighted by Gasteiger charge is -2.05. The number of fused-ring (bicyclic) bond motifs is 1. The first-order valence-electron chi connectivity index (χ1n) is 6.95. The van der Waals surface area contributed by atoms with E-state index >= 15 is 0 Å². The summed E-state index contributed by atoms with van der Waals surface area (Å²) in [4.78, 5) is 0. The molecule has 0 aromatic heterocycles. The van der Waals surface area contributed by atoms with Crippen molar-refractivity contribution in [1.82, 2.24) is 0 Å². The van der Waals surface area contributed by atoms with E-state index in [1.165, 1.54) is 0 Å². The summed E-state index contributed by atoms with van der Waals surface area (Å²) >= 11 is 6.09. The van der Waals surface area contributed by atoms with Crippen LogP contribution in [0.2, 0.25) is 5.02 Å². The molecule has 0 spiro atoms. The molecular formula is C18H15ClN2O. The molecule has 0 fully saturated rings. The highest BCUT2D eigenvalue weighted by atomic mass is 35.5. The molecule has 4 heteroatoms. The number of aromatic hydroxyl groups is 1. The summed E-state index contributed by atoms with van der Waals surface area (Å²) in [6, 6.07) is 15.0. The van der Waals surface area contributed by atoms with Crippen LogP contribution in [0.25, 0.3) is 10.8 Å². The van der Waals surface area contributed by atoms with E-state index in [0.717, 1.165) is 27.6 Å². The molecule has 0 saturated carbocycles. The maximum atomic E-state index is 10.1. The van der Waals surface area contributed by atoms with Crippen LogP contribution in [-0.2, 0) is 0 Å². The van der Waals surface area contributed by atoms with Crippen molar-refractivity contribution in [2.75, 3.05) is 0 Å². The summed E-state index contributed by atoms with van der Waals surface area (Å²) in [5, 5.41) is 21.2. The topological polar surface area (TPSA) is 45.0 Å². The molecule has 3 rings (SSSR count). The van der Waals surface area contributed by atoms with Gasteiger partial charge in [0, 0.05) is 10.4 Å². The highest BCUT2D eigenvalue weighted by molar-refractivity contribution is 6.31. The summed E-state index contributed by atoms with van der Waals surface area (Å²) in [5.74, 6) is 0.116. The summed E-state index contributed by atoms with van der Waals surface area (Å²) in [6.07, 6.45) is 0. The first-order valence-corrected chi connectivity index (χ1v) is 7.33. The van der Waals surface area contributed by atoms with Gasteiger partial charge in [0.05, 0.1) is 5.69 Å². The lowest BCUT2D eigenvalue weighted by atomic mass is 10.1. The van der Waals surface area contributed by atoms with Gasteiger partial charge in [0.1, 0.15) is 11.4 Å². The van der Waals surface area contributed by atoms with Crippen LogP contribution in [0.3, 0.4) is 0 Å². The number of hydrogen-bond donors (Lipinski definition) is 1. The Kier molecular flexibility index (Phi) is 3.82. The Bertz CT molecular complexity index is 888. The molecular weight excluding hydrogens is 296 g/mol. The number of aryl methyl sites for hydroxylation is 2. The van der Waals surface area contributed by atoms with E-state index in [-0.39, 0.29) is 5.75 Å². The summed E-state index contributed by atoms with van der Waals surface area (Å²) in [6.45, 7) is 3.86. The van der Waals surface area contributed by atoms with Crippen molar-refractivity contribution in [3.8, 4) is 5.75 Å². The Labute approximate surface area is 133 Å². The quantitative estimate of drug-likeness (QED) is 0.560. The van der Waals surface area contributed by atoms with Gasteiger partial charge >= 0.3 is 0 Å². The number of benzene rings is 3. The van der Waals surface area contributed by atoms with Crippen molar-refractivity contribution in [3.63, 3.8) is 0 Å². The second-order valence-corrected chi connectivity index (χ2v) is 5.65. The van der Waals surface area contributed by atoms with Crippen LogP contribution in [0.4, 0.5) is 11.4 Å². The third-order valence-electron chi connectivity index (χ3n) is 3.61. The van der Waals surface area contributed by atoms with Crippen molar-refractivity contribution >= 4 is 33.7 Å². The number of rotatable bonds is 2. The normalized spacial score (nSPS) is 11.4. The number of azo groups is 1. The SMILES string of the molecule is Cc1cc(N=Nc2c(O)ccc3ccccc23)c(C)cc1Cl. The number of phenolic OH excluding ortho intramolecular Hbond substituents is 1. The van der Waals surface area contributed by atoms with Crippen molar-refractivity contribution in [3.05, 3.63) is 64.7 Å². The fourth-order valence-electron chi connectivity index (χ4n) is 2.33. The lowest BCUT2D eigenvalue weighted by Crippen LogP contribution is -1.80. The van der Waals surface area contributed by atoms with Gasteiger partial charge in [-0.25, -0.2) is 0 Å². The molecule has 3 aromatic rings. The van der Waals surface area contributed by atoms with Gasteiger partial charge in [0.2, 0.25) is 0 Å². The smallest absolute Gasteiger partial charge is 0.143 e. The predicted octanol–water partition coefficient (Wildman–Crippen LogP) is 6.23. The molecule has 0 unspecified atom stereocenters. The van der Waals surface area contributed by atoms with Gasteiger partial charge in [0.25, 0.3) is 0 Å². The van der Waals surface area contributed by atoms with Crippen molar-refractivity contribution in [2.45, 2.75) is 13.8 Å². The molecule has 1 N–H and O–H groups in total. The second-order valence-electron chi connectivity index (χ2n) is 5.24. The Morgan fingerprint density at radius 1 is 0.909 bits per heavy atom. The zero-order chi connectivity index (χ0) is 15.7. The van der Waals surface area contributed by atoms with Crippen molar-refractivity contribution in [1.29, 1.82) is 0 Å². The van der Waals surface area contributed by atoms with Crippen LogP contribution in [-0.4, -0.2) is 5.11 Å². The van der Waals surface area contributed by atoms with Gasteiger partial charge in [-0.1, -0.05) is 41.9 Å². The lowest BCUT2D eigenvalue weighted by molar-refractivity contribution is 0.477. The average molecular weight is 311 g/mol. The number of nitrogens with zero attached hydrogens (tertiary/aromatic N) is 2. The molecule has 0 atom stereocenters. The van der Waals surface area contributed by atoms with Crippen LogP contribution in [0.15, 0.2) is 58.8 Å². The first kappa shape index (κ1) is 14.5. The molecule has 0 radical (unpaired) electrons. The zero-order valence-electron chi connectivity index (χ0n) is 12.3. The predicted molar refractivity (Wildman–Crippen MR) is 90.7 cm³/mol. The van der Waals surface area contributed by atoms with E-state index in [1.54, 1.807) is 6.07 Å². The van der Waals surface area contributed by atoms with E-state index in [4.69, 9.17) is 11.6 Å². The van der Waals surface area contributed by atoms with E-state index in [2.05, 4.69) is 10.2 Å². The van der Waals surface area contributed by atoms with Gasteiger partial charge in [-0.3, -0.25) is 0 Å². The molecule has 0 heterocycles. The second kappa shape index (κ2) is 5.78. The fraction of sp³-hybridized carbons (Fsp3) is 0.111. The molecule has 0 bridgehead atoms. The van der Waals surface area contributed by atoms with Gasteiger partial charge < -0.3 is 5.11 Å². The third-order valence-corrected chi connectivity index (χ3v) is 4.02. The summed E-state index contributed by atoms with van der Waals surface area (Å²) in [5.41, 5.74) is 3.11. The van der Waals surface area contributed by atoms with Crippen LogP contribution < -0.4 is 0 Å². The molecule has 3 aromatic carbocycles. The van der Waals surface area contributed by atoms with Crippen molar-refractivity contribution < 1.29 is 5.11 Å². The van der Waals surface area contributed by atoms with Crippen LogP contribution in [0.1, 0.15) is 11.1 Å². The number of phenols is 1. The molecule has 0 aliphatic heterocycles. The fourth-order valence-corrected chi connectivity index (χ4v) is 2.54. The average Bonchev–Trinajstić information content (AvgIpc) is 2.51. The molecule has 3 nitrogen and oxygen atoms in total. The van der Waals surface area contributed by atoms with Crippen LogP contribution >= 0.6 is 11.6 Å². The molecule has 0 saturated heterocycles. The number of hydrogen-bond acceptors (Lipinski definition) is 3.